The van der Waals surface area contributed by atoms with E-state index in [0.29, 0.717) is 12.0 Å². The van der Waals surface area contributed by atoms with Crippen molar-refractivity contribution < 1.29 is 19.5 Å². The standard InChI is InChI=1S/C17H17NO4/c1-3-7-14(20)15-16(21)13(18(11(2)19)17(15)22)10-12-8-5-4-6-9-12/h4-6,8-10,21H,3,7H2,1-2H3/b13-10-. The van der Waals surface area contributed by atoms with Crippen LogP contribution in [0.1, 0.15) is 32.3 Å². The zero-order chi connectivity index (χ0) is 16.3. The van der Waals surface area contributed by atoms with Crippen molar-refractivity contribution in [1.29, 1.82) is 0 Å². The van der Waals surface area contributed by atoms with Gasteiger partial charge in [0, 0.05) is 13.3 Å². The molecule has 0 aromatic heterocycles. The SMILES string of the molecule is CCCC(=O)C1=C(O)/C(=C/c2ccccc2)N(C(C)=O)C1=O. The molecule has 1 aromatic carbocycles. The number of aliphatic hydroxyl groups is 1. The van der Waals surface area contributed by atoms with Gasteiger partial charge in [-0.3, -0.25) is 14.4 Å². The summed E-state index contributed by atoms with van der Waals surface area (Å²) in [4.78, 5) is 36.9. The van der Waals surface area contributed by atoms with Gasteiger partial charge in [0.1, 0.15) is 5.57 Å². The Hall–Kier alpha value is -2.69. The number of carbonyl (C=O) groups is 3. The molecule has 1 heterocycles. The van der Waals surface area contributed by atoms with Crippen molar-refractivity contribution in [2.24, 2.45) is 0 Å². The minimum absolute atomic E-state index is 0.0446. The Labute approximate surface area is 128 Å². The van der Waals surface area contributed by atoms with Crippen LogP contribution < -0.4 is 0 Å². The predicted molar refractivity (Wildman–Crippen MR) is 81.5 cm³/mol. The van der Waals surface area contributed by atoms with Crippen LogP contribution in [0.4, 0.5) is 0 Å². The van der Waals surface area contributed by atoms with E-state index in [1.807, 2.05) is 6.07 Å². The summed E-state index contributed by atoms with van der Waals surface area (Å²) < 4.78 is 0. The van der Waals surface area contributed by atoms with E-state index >= 15 is 0 Å². The van der Waals surface area contributed by atoms with Crippen molar-refractivity contribution in [2.75, 3.05) is 0 Å². The summed E-state index contributed by atoms with van der Waals surface area (Å²) in [6, 6.07) is 8.97. The van der Waals surface area contributed by atoms with E-state index in [4.69, 9.17) is 0 Å². The summed E-state index contributed by atoms with van der Waals surface area (Å²) in [6.07, 6.45) is 2.22. The van der Waals surface area contributed by atoms with E-state index in [1.54, 1.807) is 31.2 Å². The molecule has 0 saturated heterocycles. The van der Waals surface area contributed by atoms with Gasteiger partial charge in [-0.1, -0.05) is 37.3 Å². The molecule has 1 N–H and O–H groups in total. The minimum atomic E-state index is -0.759. The van der Waals surface area contributed by atoms with Gasteiger partial charge in [-0.25, -0.2) is 4.90 Å². The number of imide groups is 1. The molecule has 0 spiro atoms. The summed E-state index contributed by atoms with van der Waals surface area (Å²) in [7, 11) is 0. The van der Waals surface area contributed by atoms with Crippen molar-refractivity contribution in [2.45, 2.75) is 26.7 Å². The number of benzene rings is 1. The second-order valence-electron chi connectivity index (χ2n) is 5.00. The lowest BCUT2D eigenvalue weighted by Crippen LogP contribution is -2.31. The molecule has 2 rings (SSSR count). The van der Waals surface area contributed by atoms with Crippen LogP contribution in [-0.2, 0) is 14.4 Å². The van der Waals surface area contributed by atoms with Gasteiger partial charge < -0.3 is 5.11 Å². The zero-order valence-electron chi connectivity index (χ0n) is 12.5. The van der Waals surface area contributed by atoms with E-state index in [1.165, 1.54) is 13.0 Å². The van der Waals surface area contributed by atoms with Crippen LogP contribution in [0.5, 0.6) is 0 Å². The fraction of sp³-hybridized carbons (Fsp3) is 0.235. The predicted octanol–water partition coefficient (Wildman–Crippen LogP) is 2.60. The van der Waals surface area contributed by atoms with Crippen LogP contribution >= 0.6 is 0 Å². The third-order valence-corrected chi connectivity index (χ3v) is 3.31. The van der Waals surface area contributed by atoms with E-state index in [-0.39, 0.29) is 17.7 Å². The van der Waals surface area contributed by atoms with Crippen molar-refractivity contribution in [3.05, 3.63) is 52.9 Å². The number of Topliss-reactive ketones (excluding diaryl/α,β-unsaturated/α-hetero) is 1. The van der Waals surface area contributed by atoms with Gasteiger partial charge in [0.05, 0.1) is 5.70 Å². The summed E-state index contributed by atoms with van der Waals surface area (Å²) in [5, 5.41) is 10.3. The fourth-order valence-electron chi connectivity index (χ4n) is 2.31. The normalized spacial score (nSPS) is 16.5. The molecule has 0 saturated carbocycles. The lowest BCUT2D eigenvalue weighted by molar-refractivity contribution is -0.138. The summed E-state index contributed by atoms with van der Waals surface area (Å²) >= 11 is 0. The summed E-state index contributed by atoms with van der Waals surface area (Å²) in [5.74, 6) is -2.18. The monoisotopic (exact) mass is 299 g/mol. The summed E-state index contributed by atoms with van der Waals surface area (Å²) in [6.45, 7) is 3.02. The highest BCUT2D eigenvalue weighted by molar-refractivity contribution is 6.26. The molecule has 22 heavy (non-hydrogen) atoms. The molecule has 1 aliphatic rings. The van der Waals surface area contributed by atoms with Gasteiger partial charge in [0.2, 0.25) is 5.91 Å². The van der Waals surface area contributed by atoms with E-state index in [9.17, 15) is 19.5 Å². The molecule has 0 aliphatic carbocycles. The minimum Gasteiger partial charge on any atom is -0.505 e. The molecule has 0 bridgehead atoms. The van der Waals surface area contributed by atoms with Gasteiger partial charge in [-0.05, 0) is 18.1 Å². The Morgan fingerprint density at radius 3 is 2.41 bits per heavy atom. The van der Waals surface area contributed by atoms with Crippen molar-refractivity contribution in [3.63, 3.8) is 0 Å². The maximum atomic E-state index is 12.3. The Balaban J connectivity index is 2.53. The van der Waals surface area contributed by atoms with Crippen LogP contribution in [0.3, 0.4) is 0 Å². The van der Waals surface area contributed by atoms with Gasteiger partial charge in [-0.15, -0.1) is 0 Å². The van der Waals surface area contributed by atoms with Crippen LogP contribution in [0.15, 0.2) is 47.4 Å². The number of nitrogens with zero attached hydrogens (tertiary/aromatic N) is 1. The molecule has 0 radical (unpaired) electrons. The molecule has 2 amide bonds. The average molecular weight is 299 g/mol. The molecule has 5 nitrogen and oxygen atoms in total. The first-order valence-corrected chi connectivity index (χ1v) is 7.06. The first-order valence-electron chi connectivity index (χ1n) is 7.06. The molecule has 0 atom stereocenters. The van der Waals surface area contributed by atoms with Gasteiger partial charge in [-0.2, -0.15) is 0 Å². The number of ketones is 1. The molecule has 0 fully saturated rings. The molecule has 0 unspecified atom stereocenters. The lowest BCUT2D eigenvalue weighted by Gasteiger charge is -2.14. The first kappa shape index (κ1) is 15.7. The third kappa shape index (κ3) is 2.83. The highest BCUT2D eigenvalue weighted by Gasteiger charge is 2.40. The second-order valence-corrected chi connectivity index (χ2v) is 5.00. The number of rotatable bonds is 4. The highest BCUT2D eigenvalue weighted by atomic mass is 16.3. The Morgan fingerprint density at radius 2 is 1.86 bits per heavy atom. The van der Waals surface area contributed by atoms with Gasteiger partial charge in [0.15, 0.2) is 11.5 Å². The van der Waals surface area contributed by atoms with Gasteiger partial charge >= 0.3 is 0 Å². The largest absolute Gasteiger partial charge is 0.505 e. The maximum Gasteiger partial charge on any atom is 0.272 e. The van der Waals surface area contributed by atoms with E-state index in [2.05, 4.69) is 0 Å². The number of amides is 2. The third-order valence-electron chi connectivity index (χ3n) is 3.31. The van der Waals surface area contributed by atoms with Crippen LogP contribution in [0, 0.1) is 0 Å². The lowest BCUT2D eigenvalue weighted by atomic mass is 10.1. The Kier molecular flexibility index (Phi) is 4.56. The second kappa shape index (κ2) is 6.39. The maximum absolute atomic E-state index is 12.3. The quantitative estimate of drug-likeness (QED) is 0.867. The Bertz CT molecular complexity index is 686. The van der Waals surface area contributed by atoms with Crippen molar-refractivity contribution in [3.8, 4) is 0 Å². The van der Waals surface area contributed by atoms with Gasteiger partial charge in [0.25, 0.3) is 5.91 Å². The first-order chi connectivity index (χ1) is 10.5. The van der Waals surface area contributed by atoms with E-state index < -0.39 is 23.4 Å². The topological polar surface area (TPSA) is 74.7 Å². The number of hydrogen-bond acceptors (Lipinski definition) is 4. The highest BCUT2D eigenvalue weighted by Crippen LogP contribution is 2.30. The molecule has 1 aliphatic heterocycles. The number of hydrogen-bond donors (Lipinski definition) is 1. The van der Waals surface area contributed by atoms with Crippen LogP contribution in [-0.4, -0.2) is 27.6 Å². The molecular formula is C17H17NO4. The molecule has 5 heteroatoms. The molecule has 114 valence electrons. The van der Waals surface area contributed by atoms with Crippen LogP contribution in [0.25, 0.3) is 6.08 Å². The van der Waals surface area contributed by atoms with E-state index in [0.717, 1.165) is 4.90 Å². The zero-order valence-corrected chi connectivity index (χ0v) is 12.5. The Morgan fingerprint density at radius 1 is 1.23 bits per heavy atom. The molecular weight excluding hydrogens is 282 g/mol. The number of carbonyl (C=O) groups excluding carboxylic acids is 3. The number of aliphatic hydroxyl groups excluding tert-OH is 1. The van der Waals surface area contributed by atoms with Crippen LogP contribution in [0.2, 0.25) is 0 Å². The average Bonchev–Trinajstić information content (AvgIpc) is 2.71. The smallest absolute Gasteiger partial charge is 0.272 e. The fourth-order valence-corrected chi connectivity index (χ4v) is 2.31. The van der Waals surface area contributed by atoms with Crippen molar-refractivity contribution >= 4 is 23.7 Å². The summed E-state index contributed by atoms with van der Waals surface area (Å²) in [5.41, 5.74) is 0.453. The van der Waals surface area contributed by atoms with Crippen molar-refractivity contribution in [1.82, 2.24) is 4.90 Å². The molecule has 1 aromatic rings.